The van der Waals surface area contributed by atoms with E-state index in [4.69, 9.17) is 0 Å². The minimum Gasteiger partial charge on any atom is -0.375 e. The molecule has 0 radical (unpaired) electrons. The van der Waals surface area contributed by atoms with Gasteiger partial charge in [-0.1, -0.05) is 39.3 Å². The van der Waals surface area contributed by atoms with E-state index in [9.17, 15) is 4.79 Å². The second-order valence-corrected chi connectivity index (χ2v) is 4.44. The Hall–Kier alpha value is -1.31. The molecule has 1 aromatic rings. The number of nitrogens with zero attached hydrogens (tertiary/aromatic N) is 1. The number of rotatable bonds is 5. The number of ketones is 1. The van der Waals surface area contributed by atoms with E-state index in [1.54, 1.807) is 0 Å². The van der Waals surface area contributed by atoms with Gasteiger partial charge in [-0.25, -0.2) is 0 Å². The predicted molar refractivity (Wildman–Crippen MR) is 80.6 cm³/mol. The van der Waals surface area contributed by atoms with E-state index < -0.39 is 0 Å². The van der Waals surface area contributed by atoms with E-state index in [0.29, 0.717) is 6.42 Å². The molecule has 0 heterocycles. The highest BCUT2D eigenvalue weighted by molar-refractivity contribution is 5.96. The molecule has 102 valence electrons. The fourth-order valence-electron chi connectivity index (χ4n) is 1.47. The lowest BCUT2D eigenvalue weighted by Crippen LogP contribution is -2.16. The average Bonchev–Trinajstić information content (AvgIpc) is 2.39. The number of Topliss-reactive ketones (excluding diaryl/α,β-unsaturated/α-hetero) is 1. The molecule has 0 spiro atoms. The predicted octanol–water partition coefficient (Wildman–Crippen LogP) is 4.54. The van der Waals surface area contributed by atoms with Crippen molar-refractivity contribution in [3.05, 3.63) is 29.8 Å². The molecule has 0 fully saturated rings. The van der Waals surface area contributed by atoms with Gasteiger partial charge in [-0.15, -0.1) is 0 Å². The lowest BCUT2D eigenvalue weighted by atomic mass is 10.1. The molecule has 2 nitrogen and oxygen atoms in total. The molecule has 0 aliphatic heterocycles. The van der Waals surface area contributed by atoms with E-state index in [1.807, 2.05) is 38.2 Å². The van der Waals surface area contributed by atoms with Crippen LogP contribution in [-0.2, 0) is 0 Å². The molecule has 0 amide bonds. The number of hydrogen-bond donors (Lipinski definition) is 0. The third-order valence-electron chi connectivity index (χ3n) is 2.56. The first-order chi connectivity index (χ1) is 8.60. The van der Waals surface area contributed by atoms with Crippen LogP contribution in [0.25, 0.3) is 0 Å². The van der Waals surface area contributed by atoms with Crippen molar-refractivity contribution in [1.82, 2.24) is 0 Å². The third-order valence-corrected chi connectivity index (χ3v) is 2.56. The zero-order valence-corrected chi connectivity index (χ0v) is 12.5. The molecule has 2 heteroatoms. The Kier molecular flexibility index (Phi) is 8.99. The van der Waals surface area contributed by atoms with Gasteiger partial charge in [-0.2, -0.15) is 0 Å². The lowest BCUT2D eigenvalue weighted by Gasteiger charge is -2.17. The SMILES string of the molecule is CCC.CCCC(=O)c1cccc(N(C)CC)c1. The van der Waals surface area contributed by atoms with Gasteiger partial charge < -0.3 is 4.90 Å². The molecule has 1 aromatic carbocycles. The van der Waals surface area contributed by atoms with E-state index >= 15 is 0 Å². The van der Waals surface area contributed by atoms with Crippen LogP contribution < -0.4 is 4.90 Å². The molecule has 0 aliphatic rings. The topological polar surface area (TPSA) is 20.3 Å². The average molecular weight is 249 g/mol. The zero-order valence-electron chi connectivity index (χ0n) is 12.5. The van der Waals surface area contributed by atoms with E-state index in [-0.39, 0.29) is 5.78 Å². The highest BCUT2D eigenvalue weighted by Gasteiger charge is 2.06. The maximum atomic E-state index is 11.7. The maximum absolute atomic E-state index is 11.7. The molecule has 0 aliphatic carbocycles. The van der Waals surface area contributed by atoms with Crippen molar-refractivity contribution in [2.75, 3.05) is 18.5 Å². The molecule has 0 bridgehead atoms. The van der Waals surface area contributed by atoms with Crippen molar-refractivity contribution in [3.63, 3.8) is 0 Å². The van der Waals surface area contributed by atoms with Crippen LogP contribution in [-0.4, -0.2) is 19.4 Å². The highest BCUT2D eigenvalue weighted by Crippen LogP contribution is 2.16. The first-order valence-electron chi connectivity index (χ1n) is 6.94. The van der Waals surface area contributed by atoms with Gasteiger partial charge in [0.1, 0.15) is 0 Å². The maximum Gasteiger partial charge on any atom is 0.162 e. The van der Waals surface area contributed by atoms with Gasteiger partial charge in [0.15, 0.2) is 5.78 Å². The Morgan fingerprint density at radius 2 is 1.78 bits per heavy atom. The molecule has 1 rings (SSSR count). The normalized spacial score (nSPS) is 9.39. The van der Waals surface area contributed by atoms with Crippen molar-refractivity contribution in [3.8, 4) is 0 Å². The standard InChI is InChI=1S/C13H19NO.C3H8/c1-4-7-13(15)11-8-6-9-12(10-11)14(3)5-2;1-3-2/h6,8-10H,4-5,7H2,1-3H3;3H2,1-2H3. The zero-order chi connectivity index (χ0) is 14.0. The summed E-state index contributed by atoms with van der Waals surface area (Å²) in [4.78, 5) is 13.8. The summed E-state index contributed by atoms with van der Waals surface area (Å²) in [5, 5.41) is 0. The quantitative estimate of drug-likeness (QED) is 0.714. The molecule has 0 atom stereocenters. The summed E-state index contributed by atoms with van der Waals surface area (Å²) in [6.07, 6.45) is 2.80. The fraction of sp³-hybridized carbons (Fsp3) is 0.562. The summed E-state index contributed by atoms with van der Waals surface area (Å²) >= 11 is 0. The summed E-state index contributed by atoms with van der Waals surface area (Å²) < 4.78 is 0. The monoisotopic (exact) mass is 249 g/mol. The summed E-state index contributed by atoms with van der Waals surface area (Å²) in [5.41, 5.74) is 1.94. The van der Waals surface area contributed by atoms with E-state index in [2.05, 4.69) is 25.7 Å². The van der Waals surface area contributed by atoms with Crippen LogP contribution in [0.3, 0.4) is 0 Å². The van der Waals surface area contributed by atoms with Gasteiger partial charge in [0.25, 0.3) is 0 Å². The fourth-order valence-corrected chi connectivity index (χ4v) is 1.47. The summed E-state index contributed by atoms with van der Waals surface area (Å²) in [6, 6.07) is 7.85. The minimum absolute atomic E-state index is 0.240. The lowest BCUT2D eigenvalue weighted by molar-refractivity contribution is 0.0982. The number of carbonyl (C=O) groups is 1. The Balaban J connectivity index is 0.000000873. The largest absolute Gasteiger partial charge is 0.375 e. The van der Waals surface area contributed by atoms with Crippen molar-refractivity contribution in [2.45, 2.75) is 47.0 Å². The van der Waals surface area contributed by atoms with Crippen molar-refractivity contribution in [2.24, 2.45) is 0 Å². The summed E-state index contributed by atoms with van der Waals surface area (Å²) in [6.45, 7) is 9.33. The van der Waals surface area contributed by atoms with Crippen LogP contribution >= 0.6 is 0 Å². The van der Waals surface area contributed by atoms with Crippen molar-refractivity contribution < 1.29 is 4.79 Å². The van der Waals surface area contributed by atoms with Crippen LogP contribution in [0.5, 0.6) is 0 Å². The number of anilines is 1. The third kappa shape index (κ3) is 5.85. The number of carbonyl (C=O) groups excluding carboxylic acids is 1. The summed E-state index contributed by atoms with van der Waals surface area (Å²) in [7, 11) is 2.03. The Morgan fingerprint density at radius 3 is 2.28 bits per heavy atom. The molecule has 0 N–H and O–H groups in total. The molecule has 0 unspecified atom stereocenters. The number of benzene rings is 1. The smallest absolute Gasteiger partial charge is 0.162 e. The molecule has 18 heavy (non-hydrogen) atoms. The minimum atomic E-state index is 0.240. The molecule has 0 aromatic heterocycles. The number of hydrogen-bond acceptors (Lipinski definition) is 2. The van der Waals surface area contributed by atoms with Crippen LogP contribution in [0.15, 0.2) is 24.3 Å². The van der Waals surface area contributed by atoms with Crippen LogP contribution in [0.4, 0.5) is 5.69 Å². The van der Waals surface area contributed by atoms with Gasteiger partial charge in [0.05, 0.1) is 0 Å². The van der Waals surface area contributed by atoms with Crippen molar-refractivity contribution >= 4 is 11.5 Å². The van der Waals surface area contributed by atoms with Crippen LogP contribution in [0.2, 0.25) is 0 Å². The first-order valence-corrected chi connectivity index (χ1v) is 6.94. The summed E-state index contributed by atoms with van der Waals surface area (Å²) in [5.74, 6) is 0.240. The molecule has 0 saturated carbocycles. The highest BCUT2D eigenvalue weighted by atomic mass is 16.1. The van der Waals surface area contributed by atoms with Gasteiger partial charge in [-0.05, 0) is 25.5 Å². The van der Waals surface area contributed by atoms with E-state index in [0.717, 1.165) is 24.2 Å². The van der Waals surface area contributed by atoms with Crippen LogP contribution in [0.1, 0.15) is 57.3 Å². The van der Waals surface area contributed by atoms with Gasteiger partial charge in [0, 0.05) is 31.3 Å². The van der Waals surface area contributed by atoms with Gasteiger partial charge in [0.2, 0.25) is 0 Å². The molecular formula is C16H27NO. The van der Waals surface area contributed by atoms with E-state index in [1.165, 1.54) is 6.42 Å². The van der Waals surface area contributed by atoms with Gasteiger partial charge >= 0.3 is 0 Å². The Labute approximate surface area is 112 Å². The van der Waals surface area contributed by atoms with Crippen molar-refractivity contribution in [1.29, 1.82) is 0 Å². The Morgan fingerprint density at radius 1 is 1.17 bits per heavy atom. The molecular weight excluding hydrogens is 222 g/mol. The molecule has 0 saturated heterocycles. The first kappa shape index (κ1) is 16.7. The Bertz CT molecular complexity index is 347. The van der Waals surface area contributed by atoms with Gasteiger partial charge in [-0.3, -0.25) is 4.79 Å². The second-order valence-electron chi connectivity index (χ2n) is 4.44. The van der Waals surface area contributed by atoms with Crippen LogP contribution in [0, 0.1) is 0 Å². The second kappa shape index (κ2) is 9.69.